The Labute approximate surface area is 121 Å². The van der Waals surface area contributed by atoms with Crippen molar-refractivity contribution in [2.75, 3.05) is 26.2 Å². The molecule has 114 valence electrons. The topological polar surface area (TPSA) is 15.3 Å². The fraction of sp³-hybridized carbons (Fsp3) is 1.00. The van der Waals surface area contributed by atoms with Crippen LogP contribution < -0.4 is 5.32 Å². The molecule has 0 aliphatic heterocycles. The van der Waals surface area contributed by atoms with Gasteiger partial charge < -0.3 is 10.2 Å². The molecule has 0 radical (unpaired) electrons. The van der Waals surface area contributed by atoms with E-state index in [-0.39, 0.29) is 0 Å². The van der Waals surface area contributed by atoms with E-state index in [0.29, 0.717) is 5.41 Å². The predicted octanol–water partition coefficient (Wildman–Crippen LogP) is 3.91. The highest BCUT2D eigenvalue weighted by Crippen LogP contribution is 2.39. The molecule has 0 bridgehead atoms. The summed E-state index contributed by atoms with van der Waals surface area (Å²) in [6.45, 7) is 16.5. The minimum absolute atomic E-state index is 0.530. The van der Waals surface area contributed by atoms with E-state index in [2.05, 4.69) is 44.8 Å². The van der Waals surface area contributed by atoms with Crippen LogP contribution in [0.4, 0.5) is 0 Å². The van der Waals surface area contributed by atoms with Crippen molar-refractivity contribution >= 4 is 0 Å². The monoisotopic (exact) mass is 268 g/mol. The zero-order valence-corrected chi connectivity index (χ0v) is 14.0. The zero-order chi connectivity index (χ0) is 14.3. The van der Waals surface area contributed by atoms with Gasteiger partial charge in [-0.15, -0.1) is 0 Å². The van der Waals surface area contributed by atoms with Gasteiger partial charge in [0.25, 0.3) is 0 Å². The first-order valence-electron chi connectivity index (χ1n) is 8.51. The van der Waals surface area contributed by atoms with Crippen molar-refractivity contribution in [2.24, 2.45) is 11.3 Å². The highest BCUT2D eigenvalue weighted by atomic mass is 15.2. The van der Waals surface area contributed by atoms with Crippen molar-refractivity contribution in [1.82, 2.24) is 10.2 Å². The van der Waals surface area contributed by atoms with Gasteiger partial charge in [-0.05, 0) is 50.6 Å². The first-order chi connectivity index (χ1) is 9.06. The second-order valence-corrected chi connectivity index (χ2v) is 6.78. The van der Waals surface area contributed by atoms with Crippen molar-refractivity contribution in [1.29, 1.82) is 0 Å². The van der Waals surface area contributed by atoms with Crippen molar-refractivity contribution in [3.63, 3.8) is 0 Å². The molecular weight excluding hydrogens is 232 g/mol. The minimum atomic E-state index is 0.530. The lowest BCUT2D eigenvalue weighted by atomic mass is 9.70. The highest BCUT2D eigenvalue weighted by Gasteiger charge is 2.35. The molecule has 1 N–H and O–H groups in total. The Kier molecular flexibility index (Phi) is 7.38. The third kappa shape index (κ3) is 5.07. The molecule has 1 atom stereocenters. The second-order valence-electron chi connectivity index (χ2n) is 6.78. The molecule has 0 heterocycles. The normalized spacial score (nSPS) is 29.7. The molecule has 1 aliphatic carbocycles. The van der Waals surface area contributed by atoms with Crippen LogP contribution in [0.2, 0.25) is 0 Å². The van der Waals surface area contributed by atoms with Crippen LogP contribution in [-0.4, -0.2) is 37.1 Å². The van der Waals surface area contributed by atoms with Crippen molar-refractivity contribution in [2.45, 2.75) is 72.8 Å². The summed E-state index contributed by atoms with van der Waals surface area (Å²) in [5.74, 6) is 0.938. The smallest absolute Gasteiger partial charge is 0.00644 e. The number of rotatable bonds is 8. The lowest BCUT2D eigenvalue weighted by molar-refractivity contribution is 0.0691. The van der Waals surface area contributed by atoms with E-state index in [4.69, 9.17) is 0 Å². The van der Waals surface area contributed by atoms with Crippen LogP contribution in [0, 0.1) is 11.3 Å². The molecule has 1 rings (SSSR count). The molecule has 1 fully saturated rings. The van der Waals surface area contributed by atoms with Crippen molar-refractivity contribution < 1.29 is 0 Å². The van der Waals surface area contributed by atoms with Gasteiger partial charge in [0.1, 0.15) is 0 Å². The number of nitrogens with one attached hydrogen (secondary N) is 1. The van der Waals surface area contributed by atoms with Crippen LogP contribution in [-0.2, 0) is 0 Å². The fourth-order valence-corrected chi connectivity index (χ4v) is 3.42. The summed E-state index contributed by atoms with van der Waals surface area (Å²) in [5.41, 5.74) is 0.530. The van der Waals surface area contributed by atoms with Crippen LogP contribution >= 0.6 is 0 Å². The molecule has 0 aromatic heterocycles. The Bertz CT molecular complexity index is 226. The van der Waals surface area contributed by atoms with E-state index in [9.17, 15) is 0 Å². The molecule has 1 unspecified atom stereocenters. The Hall–Kier alpha value is -0.0800. The minimum Gasteiger partial charge on any atom is -0.316 e. The van der Waals surface area contributed by atoms with Gasteiger partial charge >= 0.3 is 0 Å². The van der Waals surface area contributed by atoms with Crippen LogP contribution in [0.1, 0.15) is 66.7 Å². The summed E-state index contributed by atoms with van der Waals surface area (Å²) in [6.07, 6.45) is 6.93. The third-order valence-electron chi connectivity index (χ3n) is 5.24. The van der Waals surface area contributed by atoms with E-state index in [0.717, 1.165) is 18.5 Å². The van der Waals surface area contributed by atoms with Crippen molar-refractivity contribution in [3.8, 4) is 0 Å². The molecule has 0 aromatic rings. The average Bonchev–Trinajstić information content (AvgIpc) is 2.44. The third-order valence-corrected chi connectivity index (χ3v) is 5.24. The fourth-order valence-electron chi connectivity index (χ4n) is 3.42. The zero-order valence-electron chi connectivity index (χ0n) is 14.0. The maximum Gasteiger partial charge on any atom is 0.00644 e. The molecule has 0 saturated heterocycles. The lowest BCUT2D eigenvalue weighted by Gasteiger charge is -2.44. The van der Waals surface area contributed by atoms with Crippen LogP contribution in [0.15, 0.2) is 0 Å². The van der Waals surface area contributed by atoms with Gasteiger partial charge in [0.15, 0.2) is 0 Å². The quantitative estimate of drug-likeness (QED) is 0.718. The van der Waals surface area contributed by atoms with Gasteiger partial charge in [-0.3, -0.25) is 0 Å². The molecule has 2 nitrogen and oxygen atoms in total. The van der Waals surface area contributed by atoms with Crippen LogP contribution in [0.5, 0.6) is 0 Å². The Morgan fingerprint density at radius 1 is 1.21 bits per heavy atom. The van der Waals surface area contributed by atoms with Gasteiger partial charge in [0, 0.05) is 19.1 Å². The number of hydrogen-bond acceptors (Lipinski definition) is 2. The van der Waals surface area contributed by atoms with Gasteiger partial charge in [-0.1, -0.05) is 40.5 Å². The molecule has 1 aliphatic rings. The Morgan fingerprint density at radius 3 is 2.32 bits per heavy atom. The average molecular weight is 268 g/mol. The predicted molar refractivity (Wildman–Crippen MR) is 85.6 cm³/mol. The van der Waals surface area contributed by atoms with E-state index in [1.54, 1.807) is 0 Å². The summed E-state index contributed by atoms with van der Waals surface area (Å²) >= 11 is 0. The van der Waals surface area contributed by atoms with Crippen LogP contribution in [0.25, 0.3) is 0 Å². The molecule has 0 spiro atoms. The van der Waals surface area contributed by atoms with Gasteiger partial charge in [-0.2, -0.15) is 0 Å². The molecule has 2 heteroatoms. The second kappa shape index (κ2) is 8.26. The molecule has 1 saturated carbocycles. The summed E-state index contributed by atoms with van der Waals surface area (Å²) < 4.78 is 0. The Morgan fingerprint density at radius 2 is 1.84 bits per heavy atom. The summed E-state index contributed by atoms with van der Waals surface area (Å²) in [5, 5.41) is 3.63. The number of hydrogen-bond donors (Lipinski definition) is 1. The molecule has 19 heavy (non-hydrogen) atoms. The summed E-state index contributed by atoms with van der Waals surface area (Å²) in [6, 6.07) is 0.725. The molecular formula is C17H36N2. The highest BCUT2D eigenvalue weighted by molar-refractivity contribution is 4.90. The van der Waals surface area contributed by atoms with Gasteiger partial charge in [0.2, 0.25) is 0 Å². The standard InChI is InChI=1S/C17H36N2/c1-6-16(5)19(8-3)14-17(13-18-7-2)11-9-15(4)10-12-17/h15-16,18H,6-14H2,1-5H3. The van der Waals surface area contributed by atoms with Crippen LogP contribution in [0.3, 0.4) is 0 Å². The SMILES string of the molecule is CCNCC1(CN(CC)C(C)CC)CCC(C)CC1. The summed E-state index contributed by atoms with van der Waals surface area (Å²) in [4.78, 5) is 2.70. The maximum atomic E-state index is 3.63. The summed E-state index contributed by atoms with van der Waals surface area (Å²) in [7, 11) is 0. The molecule has 0 amide bonds. The van der Waals surface area contributed by atoms with E-state index in [1.807, 2.05) is 0 Å². The van der Waals surface area contributed by atoms with E-state index >= 15 is 0 Å². The van der Waals surface area contributed by atoms with E-state index < -0.39 is 0 Å². The Balaban J connectivity index is 2.67. The first kappa shape index (κ1) is 17.0. The lowest BCUT2D eigenvalue weighted by Crippen LogP contribution is -2.48. The first-order valence-corrected chi connectivity index (χ1v) is 8.51. The van der Waals surface area contributed by atoms with Crippen molar-refractivity contribution in [3.05, 3.63) is 0 Å². The van der Waals surface area contributed by atoms with E-state index in [1.165, 1.54) is 51.7 Å². The number of nitrogens with zero attached hydrogens (tertiary/aromatic N) is 1. The maximum absolute atomic E-state index is 3.63. The molecule has 0 aromatic carbocycles. The van der Waals surface area contributed by atoms with Gasteiger partial charge in [0.05, 0.1) is 0 Å². The largest absolute Gasteiger partial charge is 0.316 e. The van der Waals surface area contributed by atoms with Gasteiger partial charge in [-0.25, -0.2) is 0 Å².